The van der Waals surface area contributed by atoms with Crippen molar-refractivity contribution >= 4 is 6.09 Å². The van der Waals surface area contributed by atoms with Crippen LogP contribution in [-0.4, -0.2) is 17.7 Å². The first-order valence-corrected chi connectivity index (χ1v) is 5.70. The first-order valence-electron chi connectivity index (χ1n) is 5.70. The summed E-state index contributed by atoms with van der Waals surface area (Å²) in [7, 11) is 0. The van der Waals surface area contributed by atoms with Gasteiger partial charge in [-0.1, -0.05) is 13.8 Å². The average Bonchev–Trinajstić information content (AvgIpc) is 2.09. The summed E-state index contributed by atoms with van der Waals surface area (Å²) in [5.41, 5.74) is -0.420. The van der Waals surface area contributed by atoms with E-state index in [0.29, 0.717) is 0 Å². The molecule has 1 N–H and O–H groups in total. The molecule has 0 aliphatic rings. The molecule has 93 valence electrons. The van der Waals surface area contributed by atoms with Crippen LogP contribution in [0, 0.1) is 6.42 Å². The van der Waals surface area contributed by atoms with Gasteiger partial charge < -0.3 is 16.5 Å². The second kappa shape index (κ2) is 9.41. The Morgan fingerprint density at radius 1 is 1.38 bits per heavy atom. The molecule has 0 aliphatic carbocycles. The van der Waals surface area contributed by atoms with E-state index in [1.54, 1.807) is 0 Å². The summed E-state index contributed by atoms with van der Waals surface area (Å²) in [4.78, 5) is 11.4. The molecule has 0 heterocycles. The first kappa shape index (κ1) is 18.7. The molecule has 1 unspecified atom stereocenters. The van der Waals surface area contributed by atoms with E-state index in [1.807, 2.05) is 20.8 Å². The summed E-state index contributed by atoms with van der Waals surface area (Å²) >= 11 is 0. The van der Waals surface area contributed by atoms with Crippen molar-refractivity contribution in [2.24, 2.45) is 0 Å². The van der Waals surface area contributed by atoms with E-state index in [2.05, 4.69) is 25.6 Å². The van der Waals surface area contributed by atoms with Gasteiger partial charge in [0.05, 0.1) is 0 Å². The van der Waals surface area contributed by atoms with Crippen LogP contribution in [0.5, 0.6) is 0 Å². The Hall–Kier alpha value is 0.374. The Bertz CT molecular complexity index is 190. The summed E-state index contributed by atoms with van der Waals surface area (Å²) in [6.07, 6.45) is 4.72. The van der Waals surface area contributed by atoms with E-state index in [4.69, 9.17) is 4.74 Å². The van der Waals surface area contributed by atoms with Crippen molar-refractivity contribution in [1.82, 2.24) is 5.32 Å². The predicted octanol–water partition coefficient (Wildman–Crippen LogP) is 3.29. The molecule has 0 saturated heterocycles. The number of carbonyl (C=O) groups excluding carboxylic acids is 1. The molecule has 0 aromatic rings. The van der Waals surface area contributed by atoms with Crippen molar-refractivity contribution in [2.45, 2.75) is 65.5 Å². The fourth-order valence-corrected chi connectivity index (χ4v) is 1.17. The van der Waals surface area contributed by atoms with E-state index >= 15 is 0 Å². The summed E-state index contributed by atoms with van der Waals surface area (Å²) in [5, 5.41) is 2.87. The van der Waals surface area contributed by atoms with Gasteiger partial charge in [0, 0.05) is 38.8 Å². The standard InChI is InChI=1S/C12H24NO2.Y/c1-6-8-9-10(7-2)13-11(14)15-12(3,4)5;/h8,10H,6-7,9H2,1-5H3,(H,13,14);/q-1;. The fourth-order valence-electron chi connectivity index (χ4n) is 1.17. The Balaban J connectivity index is 0. The predicted molar refractivity (Wildman–Crippen MR) is 62.7 cm³/mol. The van der Waals surface area contributed by atoms with Crippen molar-refractivity contribution in [1.29, 1.82) is 0 Å². The maximum Gasteiger partial charge on any atom is 0.407 e. The molecule has 0 aliphatic heterocycles. The first-order chi connectivity index (χ1) is 6.89. The van der Waals surface area contributed by atoms with Crippen LogP contribution < -0.4 is 5.32 Å². The third kappa shape index (κ3) is 10.9. The third-order valence-corrected chi connectivity index (χ3v) is 1.95. The molecule has 0 bridgehead atoms. The van der Waals surface area contributed by atoms with Gasteiger partial charge in [0.1, 0.15) is 5.60 Å². The van der Waals surface area contributed by atoms with Crippen molar-refractivity contribution in [3.8, 4) is 0 Å². The van der Waals surface area contributed by atoms with Crippen molar-refractivity contribution in [3.05, 3.63) is 6.42 Å². The maximum absolute atomic E-state index is 11.4. The molecule has 0 aromatic carbocycles. The Labute approximate surface area is 125 Å². The van der Waals surface area contributed by atoms with Crippen LogP contribution in [0.15, 0.2) is 0 Å². The number of amides is 1. The number of unbranched alkanes of at least 4 members (excludes halogenated alkanes) is 1. The Morgan fingerprint density at radius 3 is 2.31 bits per heavy atom. The zero-order valence-corrected chi connectivity index (χ0v) is 14.0. The minimum Gasteiger partial charge on any atom is -0.444 e. The molecule has 3 nitrogen and oxygen atoms in total. The van der Waals surface area contributed by atoms with Crippen LogP contribution in [0.2, 0.25) is 0 Å². The normalized spacial score (nSPS) is 12.6. The van der Waals surface area contributed by atoms with E-state index in [1.165, 1.54) is 0 Å². The van der Waals surface area contributed by atoms with Gasteiger partial charge in [-0.05, 0) is 27.2 Å². The van der Waals surface area contributed by atoms with Crippen molar-refractivity contribution in [2.75, 3.05) is 0 Å². The molecule has 0 spiro atoms. The Kier molecular flexibility index (Phi) is 11.0. The molecule has 0 aromatic heterocycles. The minimum absolute atomic E-state index is 0. The minimum atomic E-state index is -0.420. The fraction of sp³-hybridized carbons (Fsp3) is 0.833. The summed E-state index contributed by atoms with van der Waals surface area (Å²) < 4.78 is 5.19. The maximum atomic E-state index is 11.4. The molecule has 1 radical (unpaired) electrons. The van der Waals surface area contributed by atoms with E-state index in [0.717, 1.165) is 19.3 Å². The topological polar surface area (TPSA) is 38.3 Å². The SMILES string of the molecule is CC[CH-]CC(CC)NC(=O)OC(C)(C)C.[Y]. The summed E-state index contributed by atoms with van der Waals surface area (Å²) in [6, 6.07) is 0.194. The number of carbonyl (C=O) groups is 1. The van der Waals surface area contributed by atoms with Gasteiger partial charge in [0.15, 0.2) is 0 Å². The number of rotatable bonds is 5. The van der Waals surface area contributed by atoms with Crippen LogP contribution in [0.3, 0.4) is 0 Å². The van der Waals surface area contributed by atoms with Crippen LogP contribution in [0.1, 0.15) is 53.9 Å². The van der Waals surface area contributed by atoms with Crippen molar-refractivity contribution < 1.29 is 42.2 Å². The number of nitrogens with one attached hydrogen (secondary N) is 1. The Morgan fingerprint density at radius 2 is 1.94 bits per heavy atom. The molecule has 1 amide bonds. The average molecular weight is 303 g/mol. The number of ether oxygens (including phenoxy) is 1. The third-order valence-electron chi connectivity index (χ3n) is 1.95. The zero-order chi connectivity index (χ0) is 11.9. The molecule has 0 rings (SSSR count). The van der Waals surface area contributed by atoms with Crippen LogP contribution in [-0.2, 0) is 37.4 Å². The molecule has 0 fully saturated rings. The van der Waals surface area contributed by atoms with E-state index in [-0.39, 0.29) is 44.8 Å². The second-order valence-electron chi connectivity index (χ2n) is 4.68. The molecular weight excluding hydrogens is 279 g/mol. The van der Waals surface area contributed by atoms with Crippen LogP contribution in [0.25, 0.3) is 0 Å². The van der Waals surface area contributed by atoms with Gasteiger partial charge in [0.2, 0.25) is 0 Å². The van der Waals surface area contributed by atoms with Gasteiger partial charge in [-0.3, -0.25) is 0 Å². The zero-order valence-electron chi connectivity index (χ0n) is 11.2. The smallest absolute Gasteiger partial charge is 0.407 e. The van der Waals surface area contributed by atoms with Gasteiger partial charge in [-0.25, -0.2) is 4.79 Å². The van der Waals surface area contributed by atoms with Gasteiger partial charge in [0.25, 0.3) is 0 Å². The van der Waals surface area contributed by atoms with Crippen molar-refractivity contribution in [3.63, 3.8) is 0 Å². The van der Waals surface area contributed by atoms with Gasteiger partial charge in [-0.15, -0.1) is 0 Å². The molecular formula is C12H24NO2Y-. The van der Waals surface area contributed by atoms with Crippen LogP contribution in [0.4, 0.5) is 4.79 Å². The van der Waals surface area contributed by atoms with E-state index in [9.17, 15) is 4.79 Å². The quantitative estimate of drug-likeness (QED) is 0.792. The number of hydrogen-bond donors (Lipinski definition) is 1. The monoisotopic (exact) mass is 303 g/mol. The largest absolute Gasteiger partial charge is 0.444 e. The van der Waals surface area contributed by atoms with Crippen LogP contribution >= 0.6 is 0 Å². The number of alkyl carbamates (subject to hydrolysis) is 1. The molecule has 0 saturated carbocycles. The molecule has 1 atom stereocenters. The van der Waals surface area contributed by atoms with Gasteiger partial charge >= 0.3 is 6.09 Å². The molecule has 16 heavy (non-hydrogen) atoms. The van der Waals surface area contributed by atoms with Gasteiger partial charge in [-0.2, -0.15) is 12.8 Å². The number of hydrogen-bond acceptors (Lipinski definition) is 2. The van der Waals surface area contributed by atoms with E-state index < -0.39 is 5.60 Å². The molecule has 4 heteroatoms. The summed E-state index contributed by atoms with van der Waals surface area (Å²) in [6.45, 7) is 9.76. The summed E-state index contributed by atoms with van der Waals surface area (Å²) in [5.74, 6) is 0. The second-order valence-corrected chi connectivity index (χ2v) is 4.68.